The molecule has 0 spiro atoms. The summed E-state index contributed by atoms with van der Waals surface area (Å²) < 4.78 is 40.4. The monoisotopic (exact) mass is 426 g/mol. The molecule has 156 valence electrons. The molecule has 30 heavy (non-hydrogen) atoms. The van der Waals surface area contributed by atoms with E-state index in [2.05, 4.69) is 5.32 Å². The van der Waals surface area contributed by atoms with E-state index >= 15 is 0 Å². The highest BCUT2D eigenvalue weighted by Gasteiger charge is 2.26. The number of benzene rings is 3. The molecule has 5 nitrogen and oxygen atoms in total. The number of carbonyl (C=O) groups excluding carboxylic acids is 1. The zero-order valence-electron chi connectivity index (χ0n) is 16.4. The summed E-state index contributed by atoms with van der Waals surface area (Å²) in [6.45, 7) is 0.0630. The number of sulfonamides is 1. The SMILES string of the molecule is O=C(CN(CCc1ccccc1)S(=O)(=O)c1ccccc1)NCc1ccc(F)cc1. The van der Waals surface area contributed by atoms with E-state index in [-0.39, 0.29) is 30.3 Å². The third kappa shape index (κ3) is 5.98. The van der Waals surface area contributed by atoms with Crippen LogP contribution in [0.3, 0.4) is 0 Å². The lowest BCUT2D eigenvalue weighted by atomic mass is 10.1. The Kier molecular flexibility index (Phi) is 7.32. The van der Waals surface area contributed by atoms with Gasteiger partial charge in [-0.1, -0.05) is 60.7 Å². The van der Waals surface area contributed by atoms with E-state index in [4.69, 9.17) is 0 Å². The van der Waals surface area contributed by atoms with Crippen molar-refractivity contribution < 1.29 is 17.6 Å². The first-order chi connectivity index (χ1) is 14.4. The Morgan fingerprint density at radius 1 is 0.833 bits per heavy atom. The van der Waals surface area contributed by atoms with Gasteiger partial charge in [-0.2, -0.15) is 4.31 Å². The predicted octanol–water partition coefficient (Wildman–Crippen LogP) is 3.38. The van der Waals surface area contributed by atoms with Gasteiger partial charge in [0.15, 0.2) is 0 Å². The highest BCUT2D eigenvalue weighted by atomic mass is 32.2. The summed E-state index contributed by atoms with van der Waals surface area (Å²) in [7, 11) is -3.83. The molecule has 7 heteroatoms. The van der Waals surface area contributed by atoms with E-state index < -0.39 is 15.9 Å². The highest BCUT2D eigenvalue weighted by molar-refractivity contribution is 7.89. The van der Waals surface area contributed by atoms with E-state index in [1.54, 1.807) is 30.3 Å². The maximum Gasteiger partial charge on any atom is 0.243 e. The summed E-state index contributed by atoms with van der Waals surface area (Å²) in [4.78, 5) is 12.6. The zero-order valence-corrected chi connectivity index (χ0v) is 17.2. The third-order valence-corrected chi connectivity index (χ3v) is 6.46. The van der Waals surface area contributed by atoms with Crippen LogP contribution < -0.4 is 5.32 Å². The van der Waals surface area contributed by atoms with E-state index in [0.717, 1.165) is 11.1 Å². The van der Waals surface area contributed by atoms with Crippen LogP contribution in [-0.4, -0.2) is 31.7 Å². The summed E-state index contributed by atoms with van der Waals surface area (Å²) in [5, 5.41) is 2.70. The summed E-state index contributed by atoms with van der Waals surface area (Å²) in [5.74, 6) is -0.780. The van der Waals surface area contributed by atoms with Crippen LogP contribution >= 0.6 is 0 Å². The zero-order chi connectivity index (χ0) is 21.4. The summed E-state index contributed by atoms with van der Waals surface area (Å²) in [6, 6.07) is 23.4. The second-order valence-electron chi connectivity index (χ2n) is 6.79. The number of amides is 1. The molecule has 0 saturated carbocycles. The number of nitrogens with zero attached hydrogens (tertiary/aromatic N) is 1. The first-order valence-electron chi connectivity index (χ1n) is 9.55. The molecule has 0 aliphatic carbocycles. The minimum atomic E-state index is -3.83. The molecule has 0 fully saturated rings. The number of nitrogens with one attached hydrogen (secondary N) is 1. The van der Waals surface area contributed by atoms with Crippen molar-refractivity contribution in [3.63, 3.8) is 0 Å². The molecular weight excluding hydrogens is 403 g/mol. The molecule has 0 saturated heterocycles. The van der Waals surface area contributed by atoms with Gasteiger partial charge < -0.3 is 5.32 Å². The van der Waals surface area contributed by atoms with Gasteiger partial charge in [-0.3, -0.25) is 4.79 Å². The summed E-state index contributed by atoms with van der Waals surface area (Å²) >= 11 is 0. The number of hydrogen-bond acceptors (Lipinski definition) is 3. The highest BCUT2D eigenvalue weighted by Crippen LogP contribution is 2.16. The third-order valence-electron chi connectivity index (χ3n) is 4.60. The minimum absolute atomic E-state index is 0.143. The molecule has 1 N–H and O–H groups in total. The van der Waals surface area contributed by atoms with Crippen LogP contribution in [0.1, 0.15) is 11.1 Å². The molecule has 0 aliphatic heterocycles. The summed E-state index contributed by atoms with van der Waals surface area (Å²) in [6.07, 6.45) is 0.484. The molecule has 3 rings (SSSR count). The Bertz CT molecular complexity index is 1060. The van der Waals surface area contributed by atoms with Gasteiger partial charge in [0, 0.05) is 13.1 Å². The van der Waals surface area contributed by atoms with Gasteiger partial charge in [0.1, 0.15) is 5.82 Å². The maximum absolute atomic E-state index is 13.1. The number of carbonyl (C=O) groups is 1. The van der Waals surface area contributed by atoms with Crippen molar-refractivity contribution in [1.29, 1.82) is 0 Å². The van der Waals surface area contributed by atoms with Crippen LogP contribution in [0.4, 0.5) is 4.39 Å². The molecule has 0 bridgehead atoms. The molecular formula is C23H23FN2O3S. The van der Waals surface area contributed by atoms with Crippen LogP contribution in [0.2, 0.25) is 0 Å². The van der Waals surface area contributed by atoms with Crippen molar-refractivity contribution in [3.05, 3.63) is 102 Å². The van der Waals surface area contributed by atoms with E-state index in [1.807, 2.05) is 30.3 Å². The molecule has 3 aromatic rings. The fraction of sp³-hybridized carbons (Fsp3) is 0.174. The van der Waals surface area contributed by atoms with Gasteiger partial charge in [-0.25, -0.2) is 12.8 Å². The van der Waals surface area contributed by atoms with Crippen LogP contribution in [0.15, 0.2) is 89.8 Å². The largest absolute Gasteiger partial charge is 0.351 e. The second kappa shape index (κ2) is 10.1. The van der Waals surface area contributed by atoms with Gasteiger partial charge in [0.05, 0.1) is 11.4 Å². The van der Waals surface area contributed by atoms with Crippen molar-refractivity contribution in [2.45, 2.75) is 17.9 Å². The van der Waals surface area contributed by atoms with Crippen molar-refractivity contribution >= 4 is 15.9 Å². The lowest BCUT2D eigenvalue weighted by Crippen LogP contribution is -2.41. The van der Waals surface area contributed by atoms with Crippen molar-refractivity contribution in [2.24, 2.45) is 0 Å². The van der Waals surface area contributed by atoms with Gasteiger partial charge in [-0.05, 0) is 41.8 Å². The fourth-order valence-electron chi connectivity index (χ4n) is 2.94. The first-order valence-corrected chi connectivity index (χ1v) is 11.0. The average Bonchev–Trinajstić information content (AvgIpc) is 2.77. The maximum atomic E-state index is 13.1. The quantitative estimate of drug-likeness (QED) is 0.571. The van der Waals surface area contributed by atoms with E-state index in [9.17, 15) is 17.6 Å². The van der Waals surface area contributed by atoms with Crippen LogP contribution in [0.25, 0.3) is 0 Å². The number of hydrogen-bond donors (Lipinski definition) is 1. The molecule has 0 radical (unpaired) electrons. The Hall–Kier alpha value is -3.03. The molecule has 0 atom stereocenters. The normalized spacial score (nSPS) is 11.4. The van der Waals surface area contributed by atoms with Crippen molar-refractivity contribution in [1.82, 2.24) is 9.62 Å². The topological polar surface area (TPSA) is 66.5 Å². The molecule has 0 aliphatic rings. The Morgan fingerprint density at radius 3 is 2.07 bits per heavy atom. The average molecular weight is 427 g/mol. The van der Waals surface area contributed by atoms with Gasteiger partial charge in [0.2, 0.25) is 15.9 Å². The summed E-state index contributed by atoms with van der Waals surface area (Å²) in [5.41, 5.74) is 1.71. The molecule has 0 heterocycles. The molecule has 0 aromatic heterocycles. The van der Waals surface area contributed by atoms with Gasteiger partial charge in [0.25, 0.3) is 0 Å². The van der Waals surface area contributed by atoms with Gasteiger partial charge in [-0.15, -0.1) is 0 Å². The van der Waals surface area contributed by atoms with E-state index in [0.29, 0.717) is 6.42 Å². The lowest BCUT2D eigenvalue weighted by molar-refractivity contribution is -0.121. The van der Waals surface area contributed by atoms with Crippen molar-refractivity contribution in [3.8, 4) is 0 Å². The smallest absolute Gasteiger partial charge is 0.243 e. The fourth-order valence-corrected chi connectivity index (χ4v) is 4.36. The second-order valence-corrected chi connectivity index (χ2v) is 8.73. The van der Waals surface area contributed by atoms with E-state index in [1.165, 1.54) is 28.6 Å². The Balaban J connectivity index is 1.71. The minimum Gasteiger partial charge on any atom is -0.351 e. The molecule has 3 aromatic carbocycles. The Morgan fingerprint density at radius 2 is 1.43 bits per heavy atom. The number of rotatable bonds is 9. The Labute approximate surface area is 176 Å². The molecule has 1 amide bonds. The molecule has 0 unspecified atom stereocenters. The van der Waals surface area contributed by atoms with Crippen LogP contribution in [0.5, 0.6) is 0 Å². The lowest BCUT2D eigenvalue weighted by Gasteiger charge is -2.22. The standard InChI is InChI=1S/C23H23FN2O3S/c24-21-13-11-20(12-14-21)17-25-23(27)18-26(16-15-19-7-3-1-4-8-19)30(28,29)22-9-5-2-6-10-22/h1-14H,15-18H2,(H,25,27). The van der Waals surface area contributed by atoms with Crippen LogP contribution in [0, 0.1) is 5.82 Å². The number of halogens is 1. The van der Waals surface area contributed by atoms with Crippen molar-refractivity contribution in [2.75, 3.05) is 13.1 Å². The van der Waals surface area contributed by atoms with Gasteiger partial charge >= 0.3 is 0 Å². The first kappa shape index (κ1) is 21.7. The van der Waals surface area contributed by atoms with Crippen LogP contribution in [-0.2, 0) is 27.8 Å². The predicted molar refractivity (Wildman–Crippen MR) is 114 cm³/mol.